The smallest absolute Gasteiger partial charge is 0.269 e. The molecular weight excluding hydrogens is 404 g/mol. The lowest BCUT2D eigenvalue weighted by atomic mass is 10.1. The molecule has 0 atom stereocenters. The van der Waals surface area contributed by atoms with Crippen molar-refractivity contribution in [2.45, 2.75) is 4.90 Å². The number of carbonyl (C=O) groups is 2. The fourth-order valence-electron chi connectivity index (χ4n) is 2.63. The first-order valence-electron chi connectivity index (χ1n) is 8.92. The molecule has 0 aliphatic heterocycles. The quantitative estimate of drug-likeness (QED) is 0.242. The van der Waals surface area contributed by atoms with Gasteiger partial charge in [0.05, 0.1) is 17.8 Å². The fraction of sp³-hybridized carbons (Fsp3) is 0.0909. The molecule has 1 amide bonds. The Morgan fingerprint density at radius 1 is 1.00 bits per heavy atom. The van der Waals surface area contributed by atoms with Crippen LogP contribution >= 0.6 is 11.8 Å². The van der Waals surface area contributed by atoms with E-state index in [-0.39, 0.29) is 23.1 Å². The van der Waals surface area contributed by atoms with Crippen molar-refractivity contribution in [2.24, 2.45) is 0 Å². The fourth-order valence-corrected chi connectivity index (χ4v) is 3.48. The maximum absolute atomic E-state index is 12.4. The number of ketones is 1. The monoisotopic (exact) mass is 422 g/mol. The number of nitro groups is 1. The minimum atomic E-state index is -0.519. The van der Waals surface area contributed by atoms with E-state index in [1.54, 1.807) is 49.6 Å². The molecule has 1 N–H and O–H groups in total. The second-order valence-electron chi connectivity index (χ2n) is 6.23. The molecule has 3 aromatic carbocycles. The zero-order valence-corrected chi connectivity index (χ0v) is 16.8. The lowest BCUT2D eigenvalue weighted by molar-refractivity contribution is -0.384. The number of benzene rings is 3. The van der Waals surface area contributed by atoms with Gasteiger partial charge in [-0.15, -0.1) is 11.8 Å². The number of non-ortho nitro benzene ring substituents is 1. The topological polar surface area (TPSA) is 98.5 Å². The molecule has 0 radical (unpaired) electrons. The highest BCUT2D eigenvalue weighted by Gasteiger charge is 2.11. The Morgan fingerprint density at radius 3 is 2.43 bits per heavy atom. The van der Waals surface area contributed by atoms with Crippen LogP contribution < -0.4 is 10.1 Å². The average Bonchev–Trinajstić information content (AvgIpc) is 2.77. The molecular formula is C22H18N2O5S. The normalized spacial score (nSPS) is 10.3. The summed E-state index contributed by atoms with van der Waals surface area (Å²) in [6.07, 6.45) is 0. The first-order chi connectivity index (χ1) is 14.5. The van der Waals surface area contributed by atoms with Gasteiger partial charge < -0.3 is 10.1 Å². The number of nitrogens with zero attached hydrogens (tertiary/aromatic N) is 1. The van der Waals surface area contributed by atoms with Crippen LogP contribution in [-0.4, -0.2) is 29.5 Å². The zero-order chi connectivity index (χ0) is 21.5. The molecule has 0 fully saturated rings. The van der Waals surface area contributed by atoms with Gasteiger partial charge in [0, 0.05) is 33.8 Å². The molecule has 0 aromatic heterocycles. The van der Waals surface area contributed by atoms with Crippen LogP contribution in [0.3, 0.4) is 0 Å². The number of nitrogens with one attached hydrogen (secondary N) is 1. The van der Waals surface area contributed by atoms with Gasteiger partial charge in [0.15, 0.2) is 5.78 Å². The van der Waals surface area contributed by atoms with Gasteiger partial charge in [0.25, 0.3) is 11.6 Å². The molecule has 7 nitrogen and oxygen atoms in total. The summed E-state index contributed by atoms with van der Waals surface area (Å²) in [5, 5.41) is 13.5. The number of methoxy groups -OCH3 is 1. The van der Waals surface area contributed by atoms with Crippen molar-refractivity contribution < 1.29 is 19.2 Å². The zero-order valence-electron chi connectivity index (χ0n) is 16.0. The Bertz CT molecular complexity index is 1080. The maximum atomic E-state index is 12.4. The minimum Gasteiger partial charge on any atom is -0.497 e. The van der Waals surface area contributed by atoms with E-state index in [0.29, 0.717) is 22.6 Å². The predicted molar refractivity (Wildman–Crippen MR) is 116 cm³/mol. The van der Waals surface area contributed by atoms with E-state index in [1.165, 1.54) is 36.0 Å². The molecule has 0 aliphatic rings. The third-order valence-corrected chi connectivity index (χ3v) is 5.19. The van der Waals surface area contributed by atoms with Crippen LogP contribution in [0.15, 0.2) is 77.7 Å². The number of anilines is 1. The number of amides is 1. The van der Waals surface area contributed by atoms with Crippen molar-refractivity contribution in [2.75, 3.05) is 18.2 Å². The van der Waals surface area contributed by atoms with Crippen LogP contribution in [0.25, 0.3) is 0 Å². The van der Waals surface area contributed by atoms with E-state index in [2.05, 4.69) is 5.32 Å². The van der Waals surface area contributed by atoms with E-state index >= 15 is 0 Å². The Morgan fingerprint density at radius 2 is 1.73 bits per heavy atom. The van der Waals surface area contributed by atoms with Crippen LogP contribution in [0.5, 0.6) is 5.75 Å². The van der Waals surface area contributed by atoms with Crippen molar-refractivity contribution >= 4 is 34.8 Å². The molecule has 3 aromatic rings. The molecule has 0 unspecified atom stereocenters. The molecule has 0 saturated carbocycles. The minimum absolute atomic E-state index is 0.0285. The SMILES string of the molecule is COc1cccc(C(=O)CSc2cccc(NC(=O)c3ccc([N+](=O)[O-])cc3)c2)c1. The van der Waals surface area contributed by atoms with Gasteiger partial charge in [0.2, 0.25) is 0 Å². The van der Waals surface area contributed by atoms with Crippen LogP contribution in [-0.2, 0) is 0 Å². The van der Waals surface area contributed by atoms with E-state index in [1.807, 2.05) is 6.07 Å². The second kappa shape index (κ2) is 9.71. The molecule has 0 aliphatic carbocycles. The van der Waals surface area contributed by atoms with E-state index in [9.17, 15) is 19.7 Å². The Kier molecular flexibility index (Phi) is 6.82. The van der Waals surface area contributed by atoms with Gasteiger partial charge in [-0.1, -0.05) is 18.2 Å². The van der Waals surface area contributed by atoms with Gasteiger partial charge in [-0.25, -0.2) is 0 Å². The van der Waals surface area contributed by atoms with Crippen LogP contribution in [0.4, 0.5) is 11.4 Å². The number of rotatable bonds is 8. The van der Waals surface area contributed by atoms with E-state index in [0.717, 1.165) is 4.90 Å². The van der Waals surface area contributed by atoms with Gasteiger partial charge in [-0.2, -0.15) is 0 Å². The molecule has 30 heavy (non-hydrogen) atoms. The van der Waals surface area contributed by atoms with Crippen molar-refractivity contribution in [1.29, 1.82) is 0 Å². The summed E-state index contributed by atoms with van der Waals surface area (Å²) in [7, 11) is 1.55. The summed E-state index contributed by atoms with van der Waals surface area (Å²) in [5.74, 6) is 0.466. The lowest BCUT2D eigenvalue weighted by Gasteiger charge is -2.08. The Hall–Kier alpha value is -3.65. The second-order valence-corrected chi connectivity index (χ2v) is 7.28. The number of Topliss-reactive ketones (excluding diaryl/α,β-unsaturated/α-hetero) is 1. The first kappa shape index (κ1) is 21.1. The maximum Gasteiger partial charge on any atom is 0.269 e. The number of ether oxygens (including phenoxy) is 1. The summed E-state index contributed by atoms with van der Waals surface area (Å²) in [5.41, 5.74) is 1.37. The molecule has 0 saturated heterocycles. The summed E-state index contributed by atoms with van der Waals surface area (Å²) >= 11 is 1.36. The predicted octanol–water partition coefficient (Wildman–Crippen LogP) is 4.83. The Balaban J connectivity index is 1.62. The molecule has 152 valence electrons. The standard InChI is InChI=1S/C22H18N2O5S/c1-29-19-6-2-4-16(12-19)21(25)14-30-20-7-3-5-17(13-20)23-22(26)15-8-10-18(11-9-15)24(27)28/h2-13H,14H2,1H3,(H,23,26). The summed E-state index contributed by atoms with van der Waals surface area (Å²) in [4.78, 5) is 35.8. The van der Waals surface area contributed by atoms with Crippen LogP contribution in [0, 0.1) is 10.1 Å². The number of hydrogen-bond acceptors (Lipinski definition) is 6. The number of thioether (sulfide) groups is 1. The van der Waals surface area contributed by atoms with Crippen LogP contribution in [0.2, 0.25) is 0 Å². The first-order valence-corrected chi connectivity index (χ1v) is 9.91. The summed E-state index contributed by atoms with van der Waals surface area (Å²) < 4.78 is 5.14. The summed E-state index contributed by atoms with van der Waals surface area (Å²) in [6, 6.07) is 19.5. The van der Waals surface area contributed by atoms with Crippen molar-refractivity contribution in [3.8, 4) is 5.75 Å². The van der Waals surface area contributed by atoms with Crippen molar-refractivity contribution in [1.82, 2.24) is 0 Å². The van der Waals surface area contributed by atoms with Crippen molar-refractivity contribution in [3.05, 3.63) is 94.0 Å². The molecule has 0 spiro atoms. The number of nitro benzene ring substituents is 1. The molecule has 8 heteroatoms. The van der Waals surface area contributed by atoms with E-state index < -0.39 is 4.92 Å². The largest absolute Gasteiger partial charge is 0.497 e. The molecule has 0 bridgehead atoms. The molecule has 0 heterocycles. The number of carbonyl (C=O) groups excluding carboxylic acids is 2. The third-order valence-electron chi connectivity index (χ3n) is 4.19. The van der Waals surface area contributed by atoms with Gasteiger partial charge in [0.1, 0.15) is 5.75 Å². The highest BCUT2D eigenvalue weighted by atomic mass is 32.2. The molecule has 3 rings (SSSR count). The van der Waals surface area contributed by atoms with Gasteiger partial charge >= 0.3 is 0 Å². The average molecular weight is 422 g/mol. The lowest BCUT2D eigenvalue weighted by Crippen LogP contribution is -2.11. The third kappa shape index (κ3) is 5.45. The highest BCUT2D eigenvalue weighted by molar-refractivity contribution is 8.00. The summed E-state index contributed by atoms with van der Waals surface area (Å²) in [6.45, 7) is 0. The Labute approximate surface area is 177 Å². The number of hydrogen-bond donors (Lipinski definition) is 1. The van der Waals surface area contributed by atoms with Gasteiger partial charge in [-0.3, -0.25) is 19.7 Å². The van der Waals surface area contributed by atoms with E-state index in [4.69, 9.17) is 4.74 Å². The van der Waals surface area contributed by atoms with Gasteiger partial charge in [-0.05, 0) is 42.5 Å². The van der Waals surface area contributed by atoms with Crippen LogP contribution in [0.1, 0.15) is 20.7 Å². The highest BCUT2D eigenvalue weighted by Crippen LogP contribution is 2.24. The van der Waals surface area contributed by atoms with Crippen molar-refractivity contribution in [3.63, 3.8) is 0 Å².